The number of hydrogen-bond donors (Lipinski definition) is 0. The zero-order valence-electron chi connectivity index (χ0n) is 13.8. The van der Waals surface area contributed by atoms with Gasteiger partial charge in [-0.25, -0.2) is 0 Å². The molecule has 4 heteroatoms. The molecule has 0 N–H and O–H groups in total. The van der Waals surface area contributed by atoms with Crippen LogP contribution in [0.3, 0.4) is 0 Å². The minimum absolute atomic E-state index is 0.219. The van der Waals surface area contributed by atoms with Crippen molar-refractivity contribution in [3.05, 3.63) is 59.2 Å². The van der Waals surface area contributed by atoms with Gasteiger partial charge in [0.25, 0.3) is 0 Å². The molecule has 0 unspecified atom stereocenters. The van der Waals surface area contributed by atoms with Gasteiger partial charge in [0.1, 0.15) is 6.61 Å². The van der Waals surface area contributed by atoms with Gasteiger partial charge in [-0.1, -0.05) is 35.9 Å². The van der Waals surface area contributed by atoms with E-state index in [0.717, 1.165) is 11.1 Å². The fraction of sp³-hybridized carbons (Fsp3) is 0.316. The molecule has 0 bridgehead atoms. The molecule has 0 heterocycles. The SMILES string of the molecule is COC(=O)CCc1ccc(OC)c(OCc2ccc(C)cc2)c1. The van der Waals surface area contributed by atoms with Gasteiger partial charge in [0.2, 0.25) is 0 Å². The number of ether oxygens (including phenoxy) is 3. The number of carbonyl (C=O) groups excluding carboxylic acids is 1. The van der Waals surface area contributed by atoms with Gasteiger partial charge in [0.15, 0.2) is 11.5 Å². The second kappa shape index (κ2) is 8.22. The molecular formula is C19H22O4. The Bertz CT molecular complexity index is 647. The highest BCUT2D eigenvalue weighted by Crippen LogP contribution is 2.29. The van der Waals surface area contributed by atoms with Crippen molar-refractivity contribution in [2.75, 3.05) is 14.2 Å². The number of esters is 1. The predicted octanol–water partition coefficient (Wildman–Crippen LogP) is 3.69. The van der Waals surface area contributed by atoms with Crippen molar-refractivity contribution < 1.29 is 19.0 Å². The van der Waals surface area contributed by atoms with E-state index in [1.165, 1.54) is 12.7 Å². The molecule has 2 aromatic rings. The van der Waals surface area contributed by atoms with E-state index in [9.17, 15) is 4.79 Å². The lowest BCUT2D eigenvalue weighted by molar-refractivity contribution is -0.140. The summed E-state index contributed by atoms with van der Waals surface area (Å²) in [7, 11) is 3.01. The van der Waals surface area contributed by atoms with E-state index in [1.807, 2.05) is 30.3 Å². The average molecular weight is 314 g/mol. The lowest BCUT2D eigenvalue weighted by Gasteiger charge is -2.12. The van der Waals surface area contributed by atoms with E-state index in [2.05, 4.69) is 23.8 Å². The summed E-state index contributed by atoms with van der Waals surface area (Å²) in [6.07, 6.45) is 0.956. The van der Waals surface area contributed by atoms with Crippen LogP contribution in [-0.2, 0) is 22.6 Å². The van der Waals surface area contributed by atoms with Crippen molar-refractivity contribution in [2.24, 2.45) is 0 Å². The maximum absolute atomic E-state index is 11.3. The van der Waals surface area contributed by atoms with Crippen LogP contribution in [0.25, 0.3) is 0 Å². The summed E-state index contributed by atoms with van der Waals surface area (Å²) in [5.41, 5.74) is 3.32. The van der Waals surface area contributed by atoms with Gasteiger partial charge >= 0.3 is 5.97 Å². The van der Waals surface area contributed by atoms with E-state index in [-0.39, 0.29) is 5.97 Å². The fourth-order valence-corrected chi connectivity index (χ4v) is 2.18. The van der Waals surface area contributed by atoms with Crippen molar-refractivity contribution in [3.63, 3.8) is 0 Å². The maximum atomic E-state index is 11.3. The van der Waals surface area contributed by atoms with Gasteiger partial charge in [-0.05, 0) is 36.6 Å². The normalized spacial score (nSPS) is 10.2. The molecule has 0 aromatic heterocycles. The minimum Gasteiger partial charge on any atom is -0.493 e. The van der Waals surface area contributed by atoms with Crippen LogP contribution in [0.2, 0.25) is 0 Å². The number of aryl methyl sites for hydroxylation is 2. The Morgan fingerprint density at radius 3 is 2.30 bits per heavy atom. The summed E-state index contributed by atoms with van der Waals surface area (Å²) in [6.45, 7) is 2.52. The molecule has 4 nitrogen and oxygen atoms in total. The van der Waals surface area contributed by atoms with Gasteiger partial charge < -0.3 is 14.2 Å². The highest BCUT2D eigenvalue weighted by molar-refractivity contribution is 5.69. The Hall–Kier alpha value is -2.49. The Labute approximate surface area is 137 Å². The maximum Gasteiger partial charge on any atom is 0.305 e. The molecule has 0 radical (unpaired) electrons. The van der Waals surface area contributed by atoms with Crippen LogP contribution >= 0.6 is 0 Å². The Kier molecular flexibility index (Phi) is 6.03. The first kappa shape index (κ1) is 16.9. The minimum atomic E-state index is -0.219. The second-order valence-electron chi connectivity index (χ2n) is 5.34. The lowest BCUT2D eigenvalue weighted by Crippen LogP contribution is -2.03. The van der Waals surface area contributed by atoms with E-state index in [1.54, 1.807) is 7.11 Å². The summed E-state index contributed by atoms with van der Waals surface area (Å²) < 4.78 is 15.9. The van der Waals surface area contributed by atoms with Crippen LogP contribution in [0, 0.1) is 6.92 Å². The quantitative estimate of drug-likeness (QED) is 0.731. The van der Waals surface area contributed by atoms with E-state index in [4.69, 9.17) is 9.47 Å². The van der Waals surface area contributed by atoms with Crippen molar-refractivity contribution in [2.45, 2.75) is 26.4 Å². The average Bonchev–Trinajstić information content (AvgIpc) is 2.59. The molecule has 122 valence electrons. The number of hydrogen-bond acceptors (Lipinski definition) is 4. The molecule has 0 saturated carbocycles. The number of methoxy groups -OCH3 is 2. The fourth-order valence-electron chi connectivity index (χ4n) is 2.18. The lowest BCUT2D eigenvalue weighted by atomic mass is 10.1. The van der Waals surface area contributed by atoms with Crippen molar-refractivity contribution >= 4 is 5.97 Å². The topological polar surface area (TPSA) is 44.8 Å². The summed E-state index contributed by atoms with van der Waals surface area (Å²) in [6, 6.07) is 13.9. The van der Waals surface area contributed by atoms with Gasteiger partial charge in [-0.15, -0.1) is 0 Å². The van der Waals surface area contributed by atoms with E-state index < -0.39 is 0 Å². The van der Waals surface area contributed by atoms with E-state index >= 15 is 0 Å². The van der Waals surface area contributed by atoms with Gasteiger partial charge in [0, 0.05) is 6.42 Å². The van der Waals surface area contributed by atoms with Crippen LogP contribution in [0.15, 0.2) is 42.5 Å². The summed E-state index contributed by atoms with van der Waals surface area (Å²) in [5.74, 6) is 1.14. The Balaban J connectivity index is 2.05. The van der Waals surface area contributed by atoms with Gasteiger partial charge in [-0.3, -0.25) is 4.79 Å². The third kappa shape index (κ3) is 5.02. The summed E-state index contributed by atoms with van der Waals surface area (Å²) in [4.78, 5) is 11.3. The second-order valence-corrected chi connectivity index (χ2v) is 5.34. The molecule has 0 saturated heterocycles. The molecule has 0 aliphatic carbocycles. The molecule has 0 aliphatic rings. The Morgan fingerprint density at radius 2 is 1.65 bits per heavy atom. The molecular weight excluding hydrogens is 292 g/mol. The molecule has 2 aromatic carbocycles. The summed E-state index contributed by atoms with van der Waals surface area (Å²) >= 11 is 0. The highest BCUT2D eigenvalue weighted by atomic mass is 16.5. The third-order valence-corrected chi connectivity index (χ3v) is 3.59. The van der Waals surface area contributed by atoms with Crippen LogP contribution < -0.4 is 9.47 Å². The van der Waals surface area contributed by atoms with Crippen LogP contribution in [0.4, 0.5) is 0 Å². The van der Waals surface area contributed by atoms with Crippen molar-refractivity contribution in [3.8, 4) is 11.5 Å². The third-order valence-electron chi connectivity index (χ3n) is 3.59. The zero-order valence-corrected chi connectivity index (χ0v) is 13.8. The molecule has 0 aliphatic heterocycles. The van der Waals surface area contributed by atoms with Gasteiger partial charge in [0.05, 0.1) is 14.2 Å². The van der Waals surface area contributed by atoms with Crippen molar-refractivity contribution in [1.82, 2.24) is 0 Å². The highest BCUT2D eigenvalue weighted by Gasteiger charge is 2.08. The van der Waals surface area contributed by atoms with Crippen molar-refractivity contribution in [1.29, 1.82) is 0 Å². The van der Waals surface area contributed by atoms with E-state index in [0.29, 0.717) is 30.9 Å². The monoisotopic (exact) mass is 314 g/mol. The first-order chi connectivity index (χ1) is 11.1. The molecule has 2 rings (SSSR count). The van der Waals surface area contributed by atoms with Crippen LogP contribution in [-0.4, -0.2) is 20.2 Å². The molecule has 0 fully saturated rings. The van der Waals surface area contributed by atoms with Crippen LogP contribution in [0.1, 0.15) is 23.1 Å². The first-order valence-corrected chi connectivity index (χ1v) is 7.54. The van der Waals surface area contributed by atoms with Gasteiger partial charge in [-0.2, -0.15) is 0 Å². The number of carbonyl (C=O) groups is 1. The smallest absolute Gasteiger partial charge is 0.305 e. The predicted molar refractivity (Wildman–Crippen MR) is 88.8 cm³/mol. The standard InChI is InChI=1S/C19H22O4/c1-14-4-6-16(7-5-14)13-23-18-12-15(8-10-17(18)21-2)9-11-19(20)22-3/h4-8,10,12H,9,11,13H2,1-3H3. The molecule has 0 spiro atoms. The summed E-state index contributed by atoms with van der Waals surface area (Å²) in [5, 5.41) is 0. The largest absolute Gasteiger partial charge is 0.493 e. The number of benzene rings is 2. The number of rotatable bonds is 7. The molecule has 0 atom stereocenters. The zero-order chi connectivity index (χ0) is 16.7. The first-order valence-electron chi connectivity index (χ1n) is 7.54. The Morgan fingerprint density at radius 1 is 0.957 bits per heavy atom. The molecule has 0 amide bonds. The van der Waals surface area contributed by atoms with Crippen LogP contribution in [0.5, 0.6) is 11.5 Å². The molecule has 23 heavy (non-hydrogen) atoms.